The summed E-state index contributed by atoms with van der Waals surface area (Å²) in [5.41, 5.74) is 1.79. The molecule has 182 valence electrons. The highest BCUT2D eigenvalue weighted by atomic mass is 35.5. The van der Waals surface area contributed by atoms with Gasteiger partial charge in [-0.1, -0.05) is 61.3 Å². The van der Waals surface area contributed by atoms with Crippen LogP contribution >= 0.6 is 23.2 Å². The van der Waals surface area contributed by atoms with Crippen LogP contribution in [-0.2, 0) is 9.59 Å². The zero-order valence-corrected chi connectivity index (χ0v) is 21.2. The molecule has 0 radical (unpaired) electrons. The molecule has 0 spiro atoms. The van der Waals surface area contributed by atoms with Gasteiger partial charge in [-0.2, -0.15) is 0 Å². The Kier molecular flexibility index (Phi) is 7.48. The first-order chi connectivity index (χ1) is 16.7. The van der Waals surface area contributed by atoms with Crippen molar-refractivity contribution < 1.29 is 14.7 Å². The molecule has 5 nitrogen and oxygen atoms in total. The highest BCUT2D eigenvalue weighted by Crippen LogP contribution is 2.54. The summed E-state index contributed by atoms with van der Waals surface area (Å²) < 4.78 is 0. The summed E-state index contributed by atoms with van der Waals surface area (Å²) in [4.78, 5) is 32.2. The molecule has 0 bridgehead atoms. The van der Waals surface area contributed by atoms with Crippen LogP contribution in [0.25, 0.3) is 0 Å². The van der Waals surface area contributed by atoms with Crippen LogP contribution in [0.3, 0.4) is 0 Å². The van der Waals surface area contributed by atoms with Crippen molar-refractivity contribution in [2.24, 2.45) is 5.41 Å². The number of nitrogens with zero attached hydrogens (tertiary/aromatic N) is 2. The van der Waals surface area contributed by atoms with Gasteiger partial charge in [0.05, 0.1) is 23.9 Å². The molecule has 4 atom stereocenters. The molecule has 1 amide bonds. The van der Waals surface area contributed by atoms with E-state index in [4.69, 9.17) is 23.2 Å². The second kappa shape index (κ2) is 10.4. The average Bonchev–Trinajstić information content (AvgIpc) is 2.83. The molecule has 7 heteroatoms. The van der Waals surface area contributed by atoms with E-state index < -0.39 is 11.4 Å². The van der Waals surface area contributed by atoms with Crippen molar-refractivity contribution in [3.05, 3.63) is 99.8 Å². The number of piperidine rings is 1. The minimum absolute atomic E-state index is 0.165. The number of carboxylic acid groups (broad SMARTS) is 1. The number of rotatable bonds is 7. The van der Waals surface area contributed by atoms with E-state index in [2.05, 4.69) is 4.98 Å². The van der Waals surface area contributed by atoms with Gasteiger partial charge in [0.25, 0.3) is 0 Å². The molecule has 1 N–H and O–H groups in total. The third kappa shape index (κ3) is 5.21. The standard InChI is InChI=1S/C28H28Cl2N2O3/c1-3-24(18-11-13-31-14-12-18)32-26(19-7-9-21(29)10-8-19)23(20-5-4-6-22(30)15-20)16-28(2,27(32)35)17-25(33)34/h4-15,23-24,26H,3,16-17H2,1-2H3,(H,33,34)/t23-,24+,26-,28+/m1/s1. The molecular weight excluding hydrogens is 483 g/mol. The Morgan fingerprint density at radius 1 is 1.09 bits per heavy atom. The van der Waals surface area contributed by atoms with E-state index in [0.717, 1.165) is 16.7 Å². The molecule has 0 unspecified atom stereocenters. The number of amides is 1. The van der Waals surface area contributed by atoms with Crippen LogP contribution in [0.2, 0.25) is 10.0 Å². The number of benzene rings is 2. The predicted molar refractivity (Wildman–Crippen MR) is 137 cm³/mol. The molecule has 1 aliphatic heterocycles. The minimum atomic E-state index is -1.08. The quantitative estimate of drug-likeness (QED) is 0.368. The van der Waals surface area contributed by atoms with Crippen molar-refractivity contribution in [2.45, 2.75) is 51.1 Å². The Labute approximate surface area is 215 Å². The Morgan fingerprint density at radius 3 is 2.37 bits per heavy atom. The van der Waals surface area contributed by atoms with E-state index in [-0.39, 0.29) is 30.3 Å². The Balaban J connectivity index is 1.95. The monoisotopic (exact) mass is 510 g/mol. The van der Waals surface area contributed by atoms with E-state index in [1.165, 1.54) is 0 Å². The lowest BCUT2D eigenvalue weighted by Gasteiger charge is -2.52. The van der Waals surface area contributed by atoms with Crippen LogP contribution < -0.4 is 0 Å². The van der Waals surface area contributed by atoms with Crippen molar-refractivity contribution >= 4 is 35.1 Å². The summed E-state index contributed by atoms with van der Waals surface area (Å²) in [6.07, 6.45) is 4.23. The zero-order valence-electron chi connectivity index (χ0n) is 19.7. The van der Waals surface area contributed by atoms with E-state index in [0.29, 0.717) is 22.9 Å². The Hall–Kier alpha value is -2.89. The molecule has 4 rings (SSSR count). The van der Waals surface area contributed by atoms with Gasteiger partial charge < -0.3 is 10.0 Å². The third-order valence-corrected chi connectivity index (χ3v) is 7.43. The van der Waals surface area contributed by atoms with Crippen molar-refractivity contribution in [1.29, 1.82) is 0 Å². The van der Waals surface area contributed by atoms with Gasteiger partial charge in [0, 0.05) is 28.4 Å². The number of hydrogen-bond acceptors (Lipinski definition) is 3. The predicted octanol–water partition coefficient (Wildman–Crippen LogP) is 7.08. The lowest BCUT2D eigenvalue weighted by atomic mass is 9.66. The summed E-state index contributed by atoms with van der Waals surface area (Å²) >= 11 is 12.6. The Morgan fingerprint density at radius 2 is 1.77 bits per heavy atom. The van der Waals surface area contributed by atoms with Crippen molar-refractivity contribution in [3.63, 3.8) is 0 Å². The highest BCUT2D eigenvalue weighted by Gasteiger charge is 2.52. The van der Waals surface area contributed by atoms with Crippen molar-refractivity contribution in [2.75, 3.05) is 0 Å². The second-order valence-corrected chi connectivity index (χ2v) is 10.3. The molecule has 0 saturated carbocycles. The molecule has 1 fully saturated rings. The number of hydrogen-bond donors (Lipinski definition) is 1. The van der Waals surface area contributed by atoms with Gasteiger partial charge in [-0.15, -0.1) is 0 Å². The molecule has 1 saturated heterocycles. The van der Waals surface area contributed by atoms with E-state index >= 15 is 0 Å². The highest BCUT2D eigenvalue weighted by molar-refractivity contribution is 6.30. The lowest BCUT2D eigenvalue weighted by Crippen LogP contribution is -2.53. The SMILES string of the molecule is CC[C@@H](c1ccncc1)N1C(=O)[C@](C)(CC(=O)O)C[C@H](c2cccc(Cl)c2)[C@H]1c1ccc(Cl)cc1. The van der Waals surface area contributed by atoms with Crippen LogP contribution in [-0.4, -0.2) is 26.9 Å². The summed E-state index contributed by atoms with van der Waals surface area (Å²) in [7, 11) is 0. The van der Waals surface area contributed by atoms with Gasteiger partial charge >= 0.3 is 5.97 Å². The van der Waals surface area contributed by atoms with Crippen LogP contribution in [0, 0.1) is 5.41 Å². The maximum Gasteiger partial charge on any atom is 0.304 e. The summed E-state index contributed by atoms with van der Waals surface area (Å²) in [6.45, 7) is 3.81. The van der Waals surface area contributed by atoms with Crippen molar-refractivity contribution in [3.8, 4) is 0 Å². The molecular formula is C28H28Cl2N2O3. The van der Waals surface area contributed by atoms with E-state index in [1.54, 1.807) is 19.3 Å². The van der Waals surface area contributed by atoms with E-state index in [9.17, 15) is 14.7 Å². The summed E-state index contributed by atoms with van der Waals surface area (Å²) in [5.74, 6) is -1.33. The summed E-state index contributed by atoms with van der Waals surface area (Å²) in [6, 6.07) is 18.4. The maximum absolute atomic E-state index is 14.2. The fraction of sp³-hybridized carbons (Fsp3) is 0.321. The smallest absolute Gasteiger partial charge is 0.304 e. The van der Waals surface area contributed by atoms with Gasteiger partial charge in [-0.25, -0.2) is 0 Å². The van der Waals surface area contributed by atoms with Crippen LogP contribution in [0.5, 0.6) is 0 Å². The normalized spacial score (nSPS) is 23.2. The molecule has 35 heavy (non-hydrogen) atoms. The number of halogens is 2. The Bertz CT molecular complexity index is 1200. The molecule has 2 heterocycles. The minimum Gasteiger partial charge on any atom is -0.481 e. The first-order valence-corrected chi connectivity index (χ1v) is 12.4. The van der Waals surface area contributed by atoms with E-state index in [1.807, 2.05) is 72.5 Å². The number of pyridine rings is 1. The lowest BCUT2D eigenvalue weighted by molar-refractivity contribution is -0.160. The first kappa shape index (κ1) is 25.2. The third-order valence-electron chi connectivity index (χ3n) is 6.95. The van der Waals surface area contributed by atoms with Crippen LogP contribution in [0.15, 0.2) is 73.1 Å². The molecule has 1 aromatic heterocycles. The first-order valence-electron chi connectivity index (χ1n) is 11.7. The topological polar surface area (TPSA) is 70.5 Å². The van der Waals surface area contributed by atoms with Gasteiger partial charge in [-0.05, 0) is 65.9 Å². The largest absolute Gasteiger partial charge is 0.481 e. The molecule has 0 aliphatic carbocycles. The number of carbonyl (C=O) groups excluding carboxylic acids is 1. The van der Waals surface area contributed by atoms with Gasteiger partial charge in [0.1, 0.15) is 0 Å². The fourth-order valence-electron chi connectivity index (χ4n) is 5.40. The zero-order chi connectivity index (χ0) is 25.2. The van der Waals surface area contributed by atoms with Crippen LogP contribution in [0.1, 0.15) is 67.8 Å². The number of aromatic nitrogens is 1. The van der Waals surface area contributed by atoms with Crippen molar-refractivity contribution in [1.82, 2.24) is 9.88 Å². The second-order valence-electron chi connectivity index (χ2n) is 9.41. The average molecular weight is 511 g/mol. The molecule has 1 aliphatic rings. The van der Waals surface area contributed by atoms with Gasteiger partial charge in [-0.3, -0.25) is 14.6 Å². The number of aliphatic carboxylic acids is 1. The molecule has 3 aromatic rings. The number of likely N-dealkylation sites (tertiary alicyclic amines) is 1. The van der Waals surface area contributed by atoms with Gasteiger partial charge in [0.2, 0.25) is 5.91 Å². The number of carboxylic acids is 1. The number of carbonyl (C=O) groups is 2. The van der Waals surface area contributed by atoms with Gasteiger partial charge in [0.15, 0.2) is 0 Å². The summed E-state index contributed by atoms with van der Waals surface area (Å²) in [5, 5.41) is 11.0. The maximum atomic E-state index is 14.2. The molecule has 2 aromatic carbocycles. The van der Waals surface area contributed by atoms with Crippen LogP contribution in [0.4, 0.5) is 0 Å². The fourth-order valence-corrected chi connectivity index (χ4v) is 5.73.